The van der Waals surface area contributed by atoms with Gasteiger partial charge in [0.1, 0.15) is 0 Å². The third-order valence-corrected chi connectivity index (χ3v) is 5.31. The van der Waals surface area contributed by atoms with Crippen molar-refractivity contribution in [3.63, 3.8) is 0 Å². The van der Waals surface area contributed by atoms with Crippen molar-refractivity contribution in [2.45, 2.75) is 50.7 Å². The highest BCUT2D eigenvalue weighted by molar-refractivity contribution is 5.81. The molecule has 2 atom stereocenters. The zero-order valence-corrected chi connectivity index (χ0v) is 17.9. The highest BCUT2D eigenvalue weighted by Gasteiger charge is 2.30. The molecule has 0 spiro atoms. The smallest absolute Gasteiger partial charge is 0.239 e. The van der Waals surface area contributed by atoms with Crippen LogP contribution in [0.15, 0.2) is 4.99 Å². The van der Waals surface area contributed by atoms with Gasteiger partial charge in [0.15, 0.2) is 5.96 Å². The SMILES string of the molecule is CN=C(NCCCOCC1CCCO1)NCCCN1CCCC1C(=O)N(C)C. The maximum atomic E-state index is 12.2. The average Bonchev–Trinajstić information content (AvgIpc) is 3.37. The average molecular weight is 398 g/mol. The first-order valence-corrected chi connectivity index (χ1v) is 10.7. The fourth-order valence-corrected chi connectivity index (χ4v) is 3.75. The fraction of sp³-hybridized carbons (Fsp3) is 0.900. The number of nitrogens with zero attached hydrogens (tertiary/aromatic N) is 3. The second-order valence-corrected chi connectivity index (χ2v) is 7.77. The van der Waals surface area contributed by atoms with E-state index in [0.29, 0.717) is 12.7 Å². The number of rotatable bonds is 11. The summed E-state index contributed by atoms with van der Waals surface area (Å²) in [7, 11) is 5.46. The highest BCUT2D eigenvalue weighted by atomic mass is 16.5. The lowest BCUT2D eigenvalue weighted by molar-refractivity contribution is -0.133. The van der Waals surface area contributed by atoms with Gasteiger partial charge in [-0.05, 0) is 45.1 Å². The minimum Gasteiger partial charge on any atom is -0.379 e. The molecule has 1 amide bonds. The van der Waals surface area contributed by atoms with Crippen LogP contribution in [0.2, 0.25) is 0 Å². The Bertz CT molecular complexity index is 480. The molecule has 0 bridgehead atoms. The molecule has 28 heavy (non-hydrogen) atoms. The molecule has 8 heteroatoms. The summed E-state index contributed by atoms with van der Waals surface area (Å²) in [5.41, 5.74) is 0. The molecule has 0 aliphatic carbocycles. The molecule has 2 heterocycles. The van der Waals surface area contributed by atoms with Crippen LogP contribution in [-0.2, 0) is 14.3 Å². The summed E-state index contributed by atoms with van der Waals surface area (Å²) in [5, 5.41) is 6.67. The Morgan fingerprint density at radius 2 is 2.00 bits per heavy atom. The number of aliphatic imine (C=N–C) groups is 1. The molecule has 2 rings (SSSR count). The number of ether oxygens (including phenoxy) is 2. The minimum absolute atomic E-state index is 0.0575. The molecule has 2 aliphatic heterocycles. The van der Waals surface area contributed by atoms with E-state index in [1.807, 2.05) is 14.1 Å². The first kappa shape index (κ1) is 22.9. The summed E-state index contributed by atoms with van der Waals surface area (Å²) in [5.74, 6) is 1.05. The van der Waals surface area contributed by atoms with Crippen LogP contribution in [-0.4, -0.2) is 101 Å². The standard InChI is InChI=1S/C20H39N5O3/c1-21-20(23-11-7-14-27-16-17-8-5-15-28-17)22-10-6-13-25-12-4-9-18(25)19(26)24(2)3/h17-18H,4-16H2,1-3H3,(H2,21,22,23). The van der Waals surface area contributed by atoms with Gasteiger partial charge >= 0.3 is 0 Å². The van der Waals surface area contributed by atoms with E-state index in [2.05, 4.69) is 20.5 Å². The van der Waals surface area contributed by atoms with Crippen LogP contribution >= 0.6 is 0 Å². The van der Waals surface area contributed by atoms with Gasteiger partial charge in [0.2, 0.25) is 5.91 Å². The zero-order valence-electron chi connectivity index (χ0n) is 17.9. The number of amides is 1. The van der Waals surface area contributed by atoms with Crippen LogP contribution < -0.4 is 10.6 Å². The van der Waals surface area contributed by atoms with Gasteiger partial charge < -0.3 is 25.0 Å². The number of likely N-dealkylation sites (N-methyl/N-ethyl adjacent to an activating group) is 1. The Hall–Kier alpha value is -1.38. The van der Waals surface area contributed by atoms with Crippen molar-refractivity contribution < 1.29 is 14.3 Å². The van der Waals surface area contributed by atoms with Crippen molar-refractivity contribution in [3.05, 3.63) is 0 Å². The summed E-state index contributed by atoms with van der Waals surface area (Å²) in [6.07, 6.45) is 6.58. The van der Waals surface area contributed by atoms with Crippen LogP contribution in [0.1, 0.15) is 38.5 Å². The van der Waals surface area contributed by atoms with Gasteiger partial charge in [0, 0.05) is 54.0 Å². The summed E-state index contributed by atoms with van der Waals surface area (Å²) >= 11 is 0. The molecule has 2 N–H and O–H groups in total. The molecule has 2 unspecified atom stereocenters. The maximum absolute atomic E-state index is 12.2. The van der Waals surface area contributed by atoms with Crippen molar-refractivity contribution >= 4 is 11.9 Å². The molecule has 0 radical (unpaired) electrons. The van der Waals surface area contributed by atoms with Crippen molar-refractivity contribution in [1.29, 1.82) is 0 Å². The lowest BCUT2D eigenvalue weighted by atomic mass is 10.2. The third-order valence-electron chi connectivity index (χ3n) is 5.31. The number of carbonyl (C=O) groups is 1. The molecule has 0 saturated carbocycles. The first-order valence-electron chi connectivity index (χ1n) is 10.7. The van der Waals surface area contributed by atoms with Crippen LogP contribution in [0.3, 0.4) is 0 Å². The topological polar surface area (TPSA) is 78.4 Å². The normalized spacial score (nSPS) is 23.2. The minimum atomic E-state index is 0.0575. The fourth-order valence-electron chi connectivity index (χ4n) is 3.75. The number of carbonyl (C=O) groups excluding carboxylic acids is 1. The van der Waals surface area contributed by atoms with E-state index in [1.54, 1.807) is 11.9 Å². The molecule has 0 aromatic heterocycles. The summed E-state index contributed by atoms with van der Waals surface area (Å²) in [6, 6.07) is 0.0575. The van der Waals surface area contributed by atoms with E-state index in [0.717, 1.165) is 83.9 Å². The zero-order chi connectivity index (χ0) is 20.2. The second kappa shape index (κ2) is 13.0. The van der Waals surface area contributed by atoms with Crippen LogP contribution in [0.5, 0.6) is 0 Å². The van der Waals surface area contributed by atoms with Gasteiger partial charge in [-0.1, -0.05) is 0 Å². The largest absolute Gasteiger partial charge is 0.379 e. The lowest BCUT2D eigenvalue weighted by Crippen LogP contribution is -2.44. The van der Waals surface area contributed by atoms with Gasteiger partial charge in [-0.2, -0.15) is 0 Å². The number of likely N-dealkylation sites (tertiary alicyclic amines) is 1. The number of hydrogen-bond donors (Lipinski definition) is 2. The number of nitrogens with one attached hydrogen (secondary N) is 2. The van der Waals surface area contributed by atoms with E-state index >= 15 is 0 Å². The van der Waals surface area contributed by atoms with E-state index < -0.39 is 0 Å². The van der Waals surface area contributed by atoms with Crippen LogP contribution in [0.4, 0.5) is 0 Å². The van der Waals surface area contributed by atoms with Gasteiger partial charge in [-0.15, -0.1) is 0 Å². The molecule has 0 aromatic carbocycles. The lowest BCUT2D eigenvalue weighted by Gasteiger charge is -2.26. The van der Waals surface area contributed by atoms with E-state index in [-0.39, 0.29) is 11.9 Å². The first-order chi connectivity index (χ1) is 13.6. The van der Waals surface area contributed by atoms with Crippen molar-refractivity contribution in [2.75, 3.05) is 67.1 Å². The Morgan fingerprint density at radius 1 is 1.21 bits per heavy atom. The predicted molar refractivity (Wildman–Crippen MR) is 112 cm³/mol. The Labute approximate surface area is 170 Å². The monoisotopic (exact) mass is 397 g/mol. The molecule has 8 nitrogen and oxygen atoms in total. The van der Waals surface area contributed by atoms with Crippen molar-refractivity contribution in [2.24, 2.45) is 4.99 Å². The second-order valence-electron chi connectivity index (χ2n) is 7.77. The van der Waals surface area contributed by atoms with Crippen LogP contribution in [0, 0.1) is 0 Å². The molecule has 0 aromatic rings. The van der Waals surface area contributed by atoms with Crippen molar-refractivity contribution in [1.82, 2.24) is 20.4 Å². The summed E-state index contributed by atoms with van der Waals surface area (Å²) in [4.78, 5) is 20.5. The Kier molecular flexibility index (Phi) is 10.6. The summed E-state index contributed by atoms with van der Waals surface area (Å²) in [6.45, 7) is 5.95. The van der Waals surface area contributed by atoms with Gasteiger partial charge in [-0.25, -0.2) is 0 Å². The van der Waals surface area contributed by atoms with Crippen LogP contribution in [0.25, 0.3) is 0 Å². The van der Waals surface area contributed by atoms with E-state index in [1.165, 1.54) is 0 Å². The molecular formula is C20H39N5O3. The predicted octanol–water partition coefficient (Wildman–Crippen LogP) is 0.680. The third kappa shape index (κ3) is 7.93. The molecule has 2 aliphatic rings. The molecule has 2 saturated heterocycles. The maximum Gasteiger partial charge on any atom is 0.239 e. The van der Waals surface area contributed by atoms with Crippen molar-refractivity contribution in [3.8, 4) is 0 Å². The Morgan fingerprint density at radius 3 is 2.68 bits per heavy atom. The molecule has 2 fully saturated rings. The Balaban J connectivity index is 1.50. The number of hydrogen-bond acceptors (Lipinski definition) is 5. The van der Waals surface area contributed by atoms with E-state index in [9.17, 15) is 4.79 Å². The van der Waals surface area contributed by atoms with E-state index in [4.69, 9.17) is 9.47 Å². The number of guanidine groups is 1. The highest BCUT2D eigenvalue weighted by Crippen LogP contribution is 2.18. The quantitative estimate of drug-likeness (QED) is 0.303. The van der Waals surface area contributed by atoms with Gasteiger partial charge in [0.25, 0.3) is 0 Å². The summed E-state index contributed by atoms with van der Waals surface area (Å²) < 4.78 is 11.2. The van der Waals surface area contributed by atoms with Gasteiger partial charge in [-0.3, -0.25) is 14.7 Å². The molecular weight excluding hydrogens is 358 g/mol. The van der Waals surface area contributed by atoms with Gasteiger partial charge in [0.05, 0.1) is 18.8 Å². The molecule has 162 valence electrons.